The molecular formula is C12H18O2. The summed E-state index contributed by atoms with van der Waals surface area (Å²) in [5.41, 5.74) is 2.35. The molecule has 0 heterocycles. The number of hydrogen-bond donors (Lipinski definition) is 0. The molecule has 0 radical (unpaired) electrons. The lowest BCUT2D eigenvalue weighted by Gasteiger charge is -1.96. The number of allylic oxidation sites excluding steroid dienone is 5. The summed E-state index contributed by atoms with van der Waals surface area (Å²) in [6.07, 6.45) is 7.87. The van der Waals surface area contributed by atoms with Gasteiger partial charge in [0.2, 0.25) is 0 Å². The summed E-state index contributed by atoms with van der Waals surface area (Å²) in [5, 5.41) is 0. The highest BCUT2D eigenvalue weighted by Gasteiger charge is 1.88. The molecule has 0 saturated carbocycles. The van der Waals surface area contributed by atoms with Crippen LogP contribution in [0.3, 0.4) is 0 Å². The average Bonchev–Trinajstić information content (AvgIpc) is 2.02. The smallest absolute Gasteiger partial charge is 0.302 e. The third kappa shape index (κ3) is 8.78. The van der Waals surface area contributed by atoms with Gasteiger partial charge in [-0.15, -0.1) is 0 Å². The first-order valence-corrected chi connectivity index (χ1v) is 4.64. The Labute approximate surface area is 86.0 Å². The van der Waals surface area contributed by atoms with E-state index in [0.29, 0.717) is 6.61 Å². The molecule has 0 bridgehead atoms. The third-order valence-electron chi connectivity index (χ3n) is 1.48. The van der Waals surface area contributed by atoms with Gasteiger partial charge < -0.3 is 4.74 Å². The Balaban J connectivity index is 3.94. The van der Waals surface area contributed by atoms with Gasteiger partial charge in [-0.25, -0.2) is 0 Å². The summed E-state index contributed by atoms with van der Waals surface area (Å²) in [5.74, 6) is -0.248. The molecule has 2 nitrogen and oxygen atoms in total. The minimum Gasteiger partial charge on any atom is -0.462 e. The lowest BCUT2D eigenvalue weighted by atomic mass is 10.2. The molecule has 0 aliphatic rings. The van der Waals surface area contributed by atoms with Gasteiger partial charge in [-0.05, 0) is 26.8 Å². The monoisotopic (exact) mass is 194 g/mol. The second kappa shape index (κ2) is 7.13. The first kappa shape index (κ1) is 12.7. The van der Waals surface area contributed by atoms with E-state index in [0.717, 1.165) is 5.57 Å². The molecule has 0 rings (SSSR count). The predicted octanol–water partition coefficient (Wildman–Crippen LogP) is 3.02. The van der Waals surface area contributed by atoms with Crippen molar-refractivity contribution in [2.24, 2.45) is 0 Å². The fourth-order valence-electron chi connectivity index (χ4n) is 0.751. The van der Waals surface area contributed by atoms with Crippen LogP contribution in [0, 0.1) is 0 Å². The molecule has 78 valence electrons. The van der Waals surface area contributed by atoms with Crippen molar-refractivity contribution in [3.05, 3.63) is 35.5 Å². The van der Waals surface area contributed by atoms with Crippen LogP contribution < -0.4 is 0 Å². The quantitative estimate of drug-likeness (QED) is 0.508. The molecular weight excluding hydrogens is 176 g/mol. The Kier molecular flexibility index (Phi) is 6.46. The van der Waals surface area contributed by atoms with Crippen LogP contribution in [0.4, 0.5) is 0 Å². The molecule has 0 aromatic heterocycles. The standard InChI is InChI=1S/C12H18O2/c1-10(2)6-5-7-11(3)8-9-14-12(4)13/h5-8H,9H2,1-4H3/b7-5+,11-8+. The molecule has 0 amide bonds. The molecule has 14 heavy (non-hydrogen) atoms. The zero-order chi connectivity index (χ0) is 11.0. The van der Waals surface area contributed by atoms with Crippen LogP contribution in [0.25, 0.3) is 0 Å². The Morgan fingerprint density at radius 1 is 1.21 bits per heavy atom. The van der Waals surface area contributed by atoms with E-state index in [9.17, 15) is 4.79 Å². The number of carbonyl (C=O) groups excluding carboxylic acids is 1. The first-order valence-electron chi connectivity index (χ1n) is 4.64. The number of rotatable bonds is 4. The highest BCUT2D eigenvalue weighted by atomic mass is 16.5. The van der Waals surface area contributed by atoms with E-state index in [1.807, 2.05) is 45.1 Å². The van der Waals surface area contributed by atoms with E-state index >= 15 is 0 Å². The summed E-state index contributed by atoms with van der Waals surface area (Å²) in [7, 11) is 0. The van der Waals surface area contributed by atoms with Gasteiger partial charge in [0, 0.05) is 6.92 Å². The van der Waals surface area contributed by atoms with Crippen molar-refractivity contribution < 1.29 is 9.53 Å². The number of carbonyl (C=O) groups is 1. The molecule has 0 aromatic rings. The van der Waals surface area contributed by atoms with Crippen LogP contribution >= 0.6 is 0 Å². The molecule has 0 saturated heterocycles. The zero-order valence-corrected chi connectivity index (χ0v) is 9.33. The molecule has 0 fully saturated rings. The summed E-state index contributed by atoms with van der Waals surface area (Å²) in [6, 6.07) is 0. The SMILES string of the molecule is CC(=O)OC/C=C(C)/C=C/C=C(C)C. The maximum absolute atomic E-state index is 10.4. The van der Waals surface area contributed by atoms with Crippen molar-refractivity contribution in [2.45, 2.75) is 27.7 Å². The maximum atomic E-state index is 10.4. The molecule has 0 aliphatic carbocycles. The van der Waals surface area contributed by atoms with Crippen molar-refractivity contribution in [2.75, 3.05) is 6.61 Å². The zero-order valence-electron chi connectivity index (χ0n) is 9.33. The van der Waals surface area contributed by atoms with Crippen LogP contribution in [0.2, 0.25) is 0 Å². The van der Waals surface area contributed by atoms with E-state index in [1.54, 1.807) is 0 Å². The number of hydrogen-bond acceptors (Lipinski definition) is 2. The van der Waals surface area contributed by atoms with Gasteiger partial charge >= 0.3 is 5.97 Å². The van der Waals surface area contributed by atoms with E-state index in [1.165, 1.54) is 12.5 Å². The van der Waals surface area contributed by atoms with Crippen molar-refractivity contribution in [3.8, 4) is 0 Å². The fraction of sp³-hybridized carbons (Fsp3) is 0.417. The Bertz CT molecular complexity index is 266. The second-order valence-electron chi connectivity index (χ2n) is 3.35. The number of esters is 1. The first-order chi connectivity index (χ1) is 6.52. The Hall–Kier alpha value is -1.31. The van der Waals surface area contributed by atoms with Gasteiger partial charge in [-0.2, -0.15) is 0 Å². The molecule has 0 atom stereocenters. The van der Waals surface area contributed by atoms with Crippen molar-refractivity contribution in [1.29, 1.82) is 0 Å². The highest BCUT2D eigenvalue weighted by Crippen LogP contribution is 1.97. The van der Waals surface area contributed by atoms with Crippen molar-refractivity contribution in [1.82, 2.24) is 0 Å². The molecule has 0 aliphatic heterocycles. The molecule has 0 aromatic carbocycles. The lowest BCUT2D eigenvalue weighted by Crippen LogP contribution is -1.97. The average molecular weight is 194 g/mol. The predicted molar refractivity (Wildman–Crippen MR) is 59.0 cm³/mol. The normalized spacial score (nSPS) is 11.6. The van der Waals surface area contributed by atoms with Crippen molar-refractivity contribution in [3.63, 3.8) is 0 Å². The van der Waals surface area contributed by atoms with E-state index in [-0.39, 0.29) is 5.97 Å². The Morgan fingerprint density at radius 3 is 2.36 bits per heavy atom. The van der Waals surface area contributed by atoms with E-state index in [2.05, 4.69) is 0 Å². The van der Waals surface area contributed by atoms with Crippen molar-refractivity contribution >= 4 is 5.97 Å². The largest absolute Gasteiger partial charge is 0.462 e. The third-order valence-corrected chi connectivity index (χ3v) is 1.48. The van der Waals surface area contributed by atoms with Crippen LogP contribution in [0.1, 0.15) is 27.7 Å². The molecule has 0 spiro atoms. The second-order valence-corrected chi connectivity index (χ2v) is 3.35. The summed E-state index contributed by atoms with van der Waals surface area (Å²) >= 11 is 0. The van der Waals surface area contributed by atoms with Crippen LogP contribution in [-0.2, 0) is 9.53 Å². The topological polar surface area (TPSA) is 26.3 Å². The van der Waals surface area contributed by atoms with E-state index < -0.39 is 0 Å². The highest BCUT2D eigenvalue weighted by molar-refractivity contribution is 5.66. The van der Waals surface area contributed by atoms with Gasteiger partial charge in [0.25, 0.3) is 0 Å². The summed E-state index contributed by atoms with van der Waals surface area (Å²) < 4.78 is 4.78. The summed E-state index contributed by atoms with van der Waals surface area (Å²) in [4.78, 5) is 10.4. The Morgan fingerprint density at radius 2 is 1.86 bits per heavy atom. The van der Waals surface area contributed by atoms with Gasteiger partial charge in [-0.3, -0.25) is 4.79 Å². The van der Waals surface area contributed by atoms with Gasteiger partial charge in [-0.1, -0.05) is 29.4 Å². The summed E-state index contributed by atoms with van der Waals surface area (Å²) in [6.45, 7) is 7.81. The molecule has 0 unspecified atom stereocenters. The van der Waals surface area contributed by atoms with Gasteiger partial charge in [0.15, 0.2) is 0 Å². The van der Waals surface area contributed by atoms with Gasteiger partial charge in [0.1, 0.15) is 6.61 Å². The van der Waals surface area contributed by atoms with Crippen LogP contribution in [-0.4, -0.2) is 12.6 Å². The lowest BCUT2D eigenvalue weighted by molar-refractivity contribution is -0.139. The minimum atomic E-state index is -0.248. The molecule has 0 N–H and O–H groups in total. The maximum Gasteiger partial charge on any atom is 0.302 e. The molecule has 2 heteroatoms. The van der Waals surface area contributed by atoms with Crippen LogP contribution in [0.15, 0.2) is 35.5 Å². The number of ether oxygens (including phenoxy) is 1. The van der Waals surface area contributed by atoms with Gasteiger partial charge in [0.05, 0.1) is 0 Å². The minimum absolute atomic E-state index is 0.248. The van der Waals surface area contributed by atoms with Crippen LogP contribution in [0.5, 0.6) is 0 Å². The van der Waals surface area contributed by atoms with E-state index in [4.69, 9.17) is 4.74 Å². The fourth-order valence-corrected chi connectivity index (χ4v) is 0.751.